The molecule has 150 valence electrons. The van der Waals surface area contributed by atoms with Crippen LogP contribution in [0.1, 0.15) is 12.6 Å². The van der Waals surface area contributed by atoms with Crippen LogP contribution in [0, 0.1) is 0 Å². The molecule has 0 saturated carbocycles. The lowest BCUT2D eigenvalue weighted by molar-refractivity contribution is -0.339. The average Bonchev–Trinajstić information content (AvgIpc) is 3.06. The Morgan fingerprint density at radius 3 is 2.70 bits per heavy atom. The maximum Gasteiger partial charge on any atom is 0.271 e. The lowest BCUT2D eigenvalue weighted by Crippen LogP contribution is -2.28. The zero-order valence-corrected chi connectivity index (χ0v) is 15.1. The van der Waals surface area contributed by atoms with Crippen LogP contribution in [-0.2, 0) is 22.7 Å². The number of phosphoric ester groups is 1. The number of nitrogens with two attached hydrogens (primary N) is 2. The highest BCUT2D eigenvalue weighted by Crippen LogP contribution is 2.50. The van der Waals surface area contributed by atoms with Gasteiger partial charge in [0.05, 0.1) is 26.9 Å². The molecule has 2 aromatic heterocycles. The van der Waals surface area contributed by atoms with Gasteiger partial charge in [0.1, 0.15) is 17.8 Å². The zero-order valence-electron chi connectivity index (χ0n) is 13.3. The smallest absolute Gasteiger partial charge is 0.271 e. The number of anilines is 2. The standard InChI is InChI=1S/C10H16N6O9P2/c11-8-7-9(15-10(12)14-8)16(3-13-7)6-1-4(17)5(24-6)2-23-27(21,22)25-26(18,19)20/h3-6,17H,1-2H2,(H,21,22)(H2,18,19,20)(H4,11,12,14,15)/p-3/t4-,5+,6+/m0/s1. The number of aliphatic hydroxyl groups excluding tert-OH is 1. The van der Waals surface area contributed by atoms with Crippen LogP contribution in [0.15, 0.2) is 6.33 Å². The Labute approximate surface area is 150 Å². The molecule has 17 heteroatoms. The second kappa shape index (κ2) is 7.05. The molecule has 0 spiro atoms. The molecule has 0 amide bonds. The fourth-order valence-electron chi connectivity index (χ4n) is 2.51. The van der Waals surface area contributed by atoms with E-state index in [0.717, 1.165) is 0 Å². The van der Waals surface area contributed by atoms with E-state index < -0.39 is 40.7 Å². The number of nitrogens with zero attached hydrogens (tertiary/aromatic N) is 4. The summed E-state index contributed by atoms with van der Waals surface area (Å²) in [5, 5.41) is 10.0. The van der Waals surface area contributed by atoms with Gasteiger partial charge >= 0.3 is 0 Å². The van der Waals surface area contributed by atoms with E-state index in [1.54, 1.807) is 0 Å². The quantitative estimate of drug-likeness (QED) is 0.391. The number of aliphatic hydroxyl groups is 1. The van der Waals surface area contributed by atoms with Crippen LogP contribution < -0.4 is 26.1 Å². The van der Waals surface area contributed by atoms with Crippen LogP contribution in [0.3, 0.4) is 0 Å². The first-order valence-electron chi connectivity index (χ1n) is 7.23. The van der Waals surface area contributed by atoms with E-state index in [9.17, 15) is 28.9 Å². The lowest BCUT2D eigenvalue weighted by Gasteiger charge is -2.35. The second-order valence-corrected chi connectivity index (χ2v) is 8.20. The van der Waals surface area contributed by atoms with Crippen molar-refractivity contribution in [2.75, 3.05) is 18.1 Å². The third kappa shape index (κ3) is 4.60. The van der Waals surface area contributed by atoms with E-state index in [1.807, 2.05) is 0 Å². The van der Waals surface area contributed by atoms with Gasteiger partial charge in [-0.25, -0.2) is 4.98 Å². The van der Waals surface area contributed by atoms with E-state index in [1.165, 1.54) is 10.9 Å². The molecule has 0 bridgehead atoms. The van der Waals surface area contributed by atoms with Gasteiger partial charge in [-0.15, -0.1) is 0 Å². The summed E-state index contributed by atoms with van der Waals surface area (Å²) in [6, 6.07) is 0. The summed E-state index contributed by atoms with van der Waals surface area (Å²) < 4.78 is 36.2. The monoisotopic (exact) mass is 423 g/mol. The van der Waals surface area contributed by atoms with Gasteiger partial charge in [0.15, 0.2) is 11.5 Å². The number of aromatic nitrogens is 4. The Morgan fingerprint density at radius 2 is 2.04 bits per heavy atom. The number of imidazole rings is 1. The molecule has 1 fully saturated rings. The zero-order chi connectivity index (χ0) is 20.0. The van der Waals surface area contributed by atoms with Crippen LogP contribution in [-0.4, -0.2) is 43.4 Å². The molecule has 4 atom stereocenters. The molecule has 0 aliphatic carbocycles. The molecule has 1 aliphatic heterocycles. The maximum atomic E-state index is 11.3. The van der Waals surface area contributed by atoms with Gasteiger partial charge in [0.2, 0.25) is 5.95 Å². The van der Waals surface area contributed by atoms with Crippen molar-refractivity contribution in [1.29, 1.82) is 0 Å². The number of hydrogen-bond donors (Lipinski definition) is 3. The molecule has 1 saturated heterocycles. The Hall–Kier alpha value is -1.67. The summed E-state index contributed by atoms with van der Waals surface area (Å²) in [4.78, 5) is 43.8. The number of phosphoric acid groups is 2. The highest BCUT2D eigenvalue weighted by atomic mass is 31.3. The molecular formula is C10H13N6O9P2-3. The molecule has 3 heterocycles. The lowest BCUT2D eigenvalue weighted by atomic mass is 10.2. The predicted octanol–water partition coefficient (Wildman–Crippen LogP) is -3.03. The van der Waals surface area contributed by atoms with Gasteiger partial charge in [-0.05, 0) is 0 Å². The molecule has 1 unspecified atom stereocenters. The van der Waals surface area contributed by atoms with Crippen LogP contribution in [0.5, 0.6) is 0 Å². The van der Waals surface area contributed by atoms with Crippen molar-refractivity contribution in [3.05, 3.63) is 6.33 Å². The van der Waals surface area contributed by atoms with Gasteiger partial charge in [-0.3, -0.25) is 13.4 Å². The minimum atomic E-state index is -5.81. The van der Waals surface area contributed by atoms with Gasteiger partial charge in [-0.1, -0.05) is 0 Å². The van der Waals surface area contributed by atoms with E-state index in [-0.39, 0.29) is 29.4 Å². The highest BCUT2D eigenvalue weighted by molar-refractivity contribution is 7.58. The molecule has 27 heavy (non-hydrogen) atoms. The third-order valence-electron chi connectivity index (χ3n) is 3.58. The first kappa shape index (κ1) is 20.1. The minimum Gasteiger partial charge on any atom is -0.790 e. The van der Waals surface area contributed by atoms with E-state index in [2.05, 4.69) is 23.8 Å². The summed E-state index contributed by atoms with van der Waals surface area (Å²) >= 11 is 0. The van der Waals surface area contributed by atoms with Crippen molar-refractivity contribution in [3.63, 3.8) is 0 Å². The number of hydrogen-bond acceptors (Lipinski definition) is 14. The Kier molecular flexibility index (Phi) is 5.24. The molecule has 5 N–H and O–H groups in total. The topological polar surface area (TPSA) is 247 Å². The van der Waals surface area contributed by atoms with Crippen molar-refractivity contribution in [1.82, 2.24) is 19.5 Å². The molecule has 0 aromatic carbocycles. The Morgan fingerprint density at radius 1 is 1.33 bits per heavy atom. The van der Waals surface area contributed by atoms with E-state index in [0.29, 0.717) is 0 Å². The SMILES string of the molecule is Nc1nc(N)c2ncn([C@H]3C[C@H](O)[C@@H](COP(=O)([O-])OP(=O)([O-])[O-])O3)c2n1. The molecule has 1 aliphatic rings. The number of ether oxygens (including phenoxy) is 1. The first-order valence-corrected chi connectivity index (χ1v) is 10.2. The summed E-state index contributed by atoms with van der Waals surface area (Å²) in [6.07, 6.45) is -1.87. The second-order valence-electron chi connectivity index (χ2n) is 5.50. The van der Waals surface area contributed by atoms with Crippen LogP contribution in [0.4, 0.5) is 11.8 Å². The first-order chi connectivity index (χ1) is 12.5. The number of nitrogen functional groups attached to an aromatic ring is 2. The van der Waals surface area contributed by atoms with Crippen LogP contribution >= 0.6 is 15.6 Å². The fraction of sp³-hybridized carbons (Fsp3) is 0.500. The predicted molar refractivity (Wildman–Crippen MR) is 80.9 cm³/mol. The van der Waals surface area contributed by atoms with E-state index >= 15 is 0 Å². The van der Waals surface area contributed by atoms with Crippen molar-refractivity contribution in [3.8, 4) is 0 Å². The van der Waals surface area contributed by atoms with Crippen LogP contribution in [0.25, 0.3) is 11.2 Å². The van der Waals surface area contributed by atoms with Gasteiger partial charge in [0.25, 0.3) is 7.82 Å². The van der Waals surface area contributed by atoms with Crippen molar-refractivity contribution in [2.24, 2.45) is 0 Å². The van der Waals surface area contributed by atoms with Gasteiger partial charge in [0, 0.05) is 6.42 Å². The van der Waals surface area contributed by atoms with Gasteiger partial charge in [-0.2, -0.15) is 9.97 Å². The Bertz CT molecular complexity index is 947. The maximum absolute atomic E-state index is 11.3. The molecule has 15 nitrogen and oxygen atoms in total. The van der Waals surface area contributed by atoms with Gasteiger partial charge < -0.3 is 45.1 Å². The normalized spacial score (nSPS) is 25.7. The average molecular weight is 423 g/mol. The van der Waals surface area contributed by atoms with Crippen molar-refractivity contribution < 1.29 is 42.5 Å². The highest BCUT2D eigenvalue weighted by Gasteiger charge is 2.37. The number of fused-ring (bicyclic) bond motifs is 1. The Balaban J connectivity index is 1.72. The molecular weight excluding hydrogens is 410 g/mol. The summed E-state index contributed by atoms with van der Waals surface area (Å²) in [5.41, 5.74) is 11.7. The summed E-state index contributed by atoms with van der Waals surface area (Å²) in [7, 11) is -11.2. The largest absolute Gasteiger partial charge is 0.790 e. The van der Waals surface area contributed by atoms with Crippen LogP contribution in [0.2, 0.25) is 0 Å². The summed E-state index contributed by atoms with van der Waals surface area (Å²) in [5.74, 6) is -0.0666. The van der Waals surface area contributed by atoms with Crippen molar-refractivity contribution in [2.45, 2.75) is 24.9 Å². The minimum absolute atomic E-state index is 0.00504. The molecule has 3 rings (SSSR count). The third-order valence-corrected chi connectivity index (χ3v) is 5.64. The molecule has 2 aromatic rings. The van der Waals surface area contributed by atoms with Crippen molar-refractivity contribution >= 4 is 38.6 Å². The fourth-order valence-corrected chi connectivity index (χ4v) is 4.01. The summed E-state index contributed by atoms with van der Waals surface area (Å²) in [6.45, 7) is -0.787. The number of rotatable bonds is 6. The van der Waals surface area contributed by atoms with E-state index in [4.69, 9.17) is 16.2 Å². The molecule has 0 radical (unpaired) electrons.